The Bertz CT molecular complexity index is 102. The van der Waals surface area contributed by atoms with Crippen LogP contribution in [0.25, 0.3) is 0 Å². The molecule has 0 aliphatic heterocycles. The Balaban J connectivity index is 0. The molecule has 1 atom stereocenters. The Labute approximate surface area is 102 Å². The van der Waals surface area contributed by atoms with E-state index in [1.807, 2.05) is 0 Å². The van der Waals surface area contributed by atoms with E-state index in [2.05, 4.69) is 27.4 Å². The lowest BCUT2D eigenvalue weighted by Crippen LogP contribution is -2.07. The summed E-state index contributed by atoms with van der Waals surface area (Å²) in [7, 11) is -0.519. The van der Waals surface area contributed by atoms with Gasteiger partial charge in [-0.1, -0.05) is 40.0 Å². The molecule has 0 aromatic carbocycles. The normalized spacial score (nSPS) is 11.2. The molecule has 0 heterocycles. The summed E-state index contributed by atoms with van der Waals surface area (Å²) in [5.74, 6) is 0. The first kappa shape index (κ1) is 18.2. The molecule has 0 fully saturated rings. The van der Waals surface area contributed by atoms with E-state index in [1.54, 1.807) is 18.5 Å². The monoisotopic (exact) mass is 251 g/mol. The van der Waals surface area contributed by atoms with Crippen molar-refractivity contribution in [2.24, 2.45) is 0 Å². The third-order valence-corrected chi connectivity index (χ3v) is 7.34. The molecule has 0 N–H and O–H groups in total. The summed E-state index contributed by atoms with van der Waals surface area (Å²) in [6.45, 7) is 9.59. The van der Waals surface area contributed by atoms with Crippen LogP contribution in [0.1, 0.15) is 59.3 Å². The molecule has 0 radical (unpaired) electrons. The van der Waals surface area contributed by atoms with Gasteiger partial charge in [0.2, 0.25) is 0 Å². The molecular formula is C13H33P2+. The van der Waals surface area contributed by atoms with Crippen LogP contribution in [0.5, 0.6) is 0 Å². The Morgan fingerprint density at radius 3 is 1.13 bits per heavy atom. The number of hydrogen-bond acceptors (Lipinski definition) is 0. The summed E-state index contributed by atoms with van der Waals surface area (Å²) < 4.78 is 0. The minimum atomic E-state index is -0.519. The summed E-state index contributed by atoms with van der Waals surface area (Å²) in [6.07, 6.45) is 13.2. The van der Waals surface area contributed by atoms with Crippen molar-refractivity contribution in [2.75, 3.05) is 25.2 Å². The summed E-state index contributed by atoms with van der Waals surface area (Å²) in [4.78, 5) is 0. The van der Waals surface area contributed by atoms with Crippen LogP contribution >= 0.6 is 17.2 Å². The molecule has 2 heteroatoms. The molecular weight excluding hydrogens is 218 g/mol. The lowest BCUT2D eigenvalue weighted by atomic mass is 10.4. The summed E-state index contributed by atoms with van der Waals surface area (Å²) in [5, 5.41) is 0. The quantitative estimate of drug-likeness (QED) is 0.500. The molecule has 0 aromatic rings. The van der Waals surface area contributed by atoms with Crippen LogP contribution in [0, 0.1) is 0 Å². The standard InChI is InChI=1S/C13H30P.H3P/c1-5-8-11-14(4,12-9-6-2)13-10-7-3;/h5-13H2,1-4H3;1H3/q+1;. The van der Waals surface area contributed by atoms with Crippen LogP contribution in [0.15, 0.2) is 0 Å². The zero-order chi connectivity index (χ0) is 10.9. The van der Waals surface area contributed by atoms with Gasteiger partial charge in [0, 0.05) is 13.9 Å². The van der Waals surface area contributed by atoms with Gasteiger partial charge in [0.05, 0.1) is 18.5 Å². The number of unbranched alkanes of at least 4 members (excludes halogenated alkanes) is 3. The lowest BCUT2D eigenvalue weighted by Gasteiger charge is -2.22. The Kier molecular flexibility index (Phi) is 13.8. The highest BCUT2D eigenvalue weighted by Crippen LogP contribution is 2.57. The van der Waals surface area contributed by atoms with E-state index in [-0.39, 0.29) is 9.90 Å². The fourth-order valence-corrected chi connectivity index (χ4v) is 5.86. The van der Waals surface area contributed by atoms with E-state index in [0.29, 0.717) is 0 Å². The molecule has 94 valence electrons. The van der Waals surface area contributed by atoms with E-state index >= 15 is 0 Å². The highest BCUT2D eigenvalue weighted by Gasteiger charge is 2.28. The van der Waals surface area contributed by atoms with E-state index in [1.165, 1.54) is 38.5 Å². The van der Waals surface area contributed by atoms with E-state index in [4.69, 9.17) is 0 Å². The first-order chi connectivity index (χ1) is 6.68. The highest BCUT2D eigenvalue weighted by molar-refractivity contribution is 7.75. The highest BCUT2D eigenvalue weighted by atomic mass is 31.2. The SMILES string of the molecule is CCCC[P+](C)(CCCC)CCCC.P. The first-order valence-corrected chi connectivity index (χ1v) is 9.31. The van der Waals surface area contributed by atoms with Crippen molar-refractivity contribution in [1.29, 1.82) is 0 Å². The third-order valence-electron chi connectivity index (χ3n) is 3.15. The summed E-state index contributed by atoms with van der Waals surface area (Å²) in [6, 6.07) is 0. The van der Waals surface area contributed by atoms with Gasteiger partial charge in [-0.2, -0.15) is 9.90 Å². The second-order valence-corrected chi connectivity index (χ2v) is 9.43. The van der Waals surface area contributed by atoms with Gasteiger partial charge < -0.3 is 0 Å². The Morgan fingerprint density at radius 2 is 0.933 bits per heavy atom. The molecule has 0 nitrogen and oxygen atoms in total. The molecule has 0 spiro atoms. The molecule has 0 amide bonds. The van der Waals surface area contributed by atoms with Crippen molar-refractivity contribution in [3.05, 3.63) is 0 Å². The van der Waals surface area contributed by atoms with E-state index in [0.717, 1.165) is 0 Å². The molecule has 0 aromatic heterocycles. The third kappa shape index (κ3) is 9.77. The van der Waals surface area contributed by atoms with Crippen LogP contribution in [0.3, 0.4) is 0 Å². The van der Waals surface area contributed by atoms with Crippen LogP contribution in [0.2, 0.25) is 0 Å². The van der Waals surface area contributed by atoms with Gasteiger partial charge in [-0.05, 0) is 19.3 Å². The van der Waals surface area contributed by atoms with Crippen molar-refractivity contribution in [2.45, 2.75) is 59.3 Å². The molecule has 0 rings (SSSR count). The second-order valence-electron chi connectivity index (χ2n) is 4.85. The molecule has 1 unspecified atom stereocenters. The predicted molar refractivity (Wildman–Crippen MR) is 83.3 cm³/mol. The van der Waals surface area contributed by atoms with E-state index < -0.39 is 7.26 Å². The van der Waals surface area contributed by atoms with Crippen molar-refractivity contribution < 1.29 is 0 Å². The minimum absolute atomic E-state index is 0. The molecule has 0 aliphatic carbocycles. The van der Waals surface area contributed by atoms with Crippen LogP contribution in [-0.4, -0.2) is 25.2 Å². The van der Waals surface area contributed by atoms with Crippen molar-refractivity contribution in [3.63, 3.8) is 0 Å². The number of rotatable bonds is 9. The van der Waals surface area contributed by atoms with Gasteiger partial charge in [0.25, 0.3) is 0 Å². The van der Waals surface area contributed by atoms with Gasteiger partial charge in [-0.3, -0.25) is 0 Å². The van der Waals surface area contributed by atoms with Gasteiger partial charge >= 0.3 is 0 Å². The van der Waals surface area contributed by atoms with Crippen LogP contribution in [0.4, 0.5) is 0 Å². The second kappa shape index (κ2) is 11.3. The number of hydrogen-bond donors (Lipinski definition) is 0. The van der Waals surface area contributed by atoms with E-state index in [9.17, 15) is 0 Å². The van der Waals surface area contributed by atoms with Crippen molar-refractivity contribution in [3.8, 4) is 0 Å². The van der Waals surface area contributed by atoms with Crippen molar-refractivity contribution >= 4 is 17.2 Å². The molecule has 15 heavy (non-hydrogen) atoms. The average molecular weight is 251 g/mol. The van der Waals surface area contributed by atoms with Crippen molar-refractivity contribution in [1.82, 2.24) is 0 Å². The maximum atomic E-state index is 2.62. The molecule has 0 saturated heterocycles. The Hall–Kier alpha value is 0.860. The van der Waals surface area contributed by atoms with Crippen LogP contribution in [-0.2, 0) is 0 Å². The molecule has 0 bridgehead atoms. The lowest BCUT2D eigenvalue weighted by molar-refractivity contribution is 0.838. The summed E-state index contributed by atoms with van der Waals surface area (Å²) >= 11 is 0. The van der Waals surface area contributed by atoms with Gasteiger partial charge in [-0.15, -0.1) is 0 Å². The zero-order valence-corrected chi connectivity index (χ0v) is 13.8. The predicted octanol–water partition coefficient (Wildman–Crippen LogP) is 5.09. The molecule has 0 saturated carbocycles. The smallest absolute Gasteiger partial charge is 0.0591 e. The van der Waals surface area contributed by atoms with Gasteiger partial charge in [0.15, 0.2) is 0 Å². The maximum absolute atomic E-state index is 2.62. The maximum Gasteiger partial charge on any atom is 0.0591 e. The molecule has 0 aliphatic rings. The van der Waals surface area contributed by atoms with Gasteiger partial charge in [0.1, 0.15) is 0 Å². The topological polar surface area (TPSA) is 0 Å². The van der Waals surface area contributed by atoms with Crippen LogP contribution < -0.4 is 0 Å². The largest absolute Gasteiger partial charge is 0.153 e. The Morgan fingerprint density at radius 1 is 0.667 bits per heavy atom. The summed E-state index contributed by atoms with van der Waals surface area (Å²) in [5.41, 5.74) is 0. The first-order valence-electron chi connectivity index (χ1n) is 6.52. The minimum Gasteiger partial charge on any atom is -0.153 e. The zero-order valence-electron chi connectivity index (χ0n) is 11.5. The van der Waals surface area contributed by atoms with Gasteiger partial charge in [-0.25, -0.2) is 0 Å². The fourth-order valence-electron chi connectivity index (χ4n) is 1.95. The average Bonchev–Trinajstić information content (AvgIpc) is 2.21. The fraction of sp³-hybridized carbons (Fsp3) is 1.00.